The smallest absolute Gasteiger partial charge is 0.0742 e. The van der Waals surface area contributed by atoms with E-state index >= 15 is 0 Å². The van der Waals surface area contributed by atoms with Gasteiger partial charge in [0.2, 0.25) is 0 Å². The van der Waals surface area contributed by atoms with Crippen LogP contribution in [-0.2, 0) is 14.2 Å². The Kier molecular flexibility index (Phi) is 34.7. The molecule has 0 rings (SSSR count). The summed E-state index contributed by atoms with van der Waals surface area (Å²) in [5.41, 5.74) is 0. The number of aliphatic hydroxyl groups excluding tert-OH is 6. The van der Waals surface area contributed by atoms with Crippen LogP contribution in [0.4, 0.5) is 0 Å². The van der Waals surface area contributed by atoms with Crippen molar-refractivity contribution in [3.8, 4) is 0 Å². The van der Waals surface area contributed by atoms with E-state index in [1.54, 1.807) is 0 Å². The molecule has 0 spiro atoms. The molecule has 9 heteroatoms. The summed E-state index contributed by atoms with van der Waals surface area (Å²) in [6.45, 7) is 3.81. The van der Waals surface area contributed by atoms with Crippen LogP contribution in [0, 0.1) is 0 Å². The van der Waals surface area contributed by atoms with Gasteiger partial charge in [-0.15, -0.1) is 0 Å². The molecule has 0 radical (unpaired) electrons. The number of hydrogen-bond donors (Lipinski definition) is 6. The Morgan fingerprint density at radius 3 is 1.00 bits per heavy atom. The first-order valence-corrected chi connectivity index (χ1v) is 7.06. The molecule has 6 N–H and O–H groups in total. The van der Waals surface area contributed by atoms with Gasteiger partial charge in [-0.1, -0.05) is 0 Å². The van der Waals surface area contributed by atoms with Gasteiger partial charge in [-0.05, 0) is 6.92 Å². The third-order valence-electron chi connectivity index (χ3n) is 1.58. The highest BCUT2D eigenvalue weighted by atomic mass is 16.5. The predicted molar refractivity (Wildman–Crippen MR) is 79.6 cm³/mol. The summed E-state index contributed by atoms with van der Waals surface area (Å²) in [7, 11) is 0. The van der Waals surface area contributed by atoms with E-state index in [4.69, 9.17) is 40.1 Å². The van der Waals surface area contributed by atoms with Gasteiger partial charge in [0.05, 0.1) is 78.8 Å². The van der Waals surface area contributed by atoms with Crippen molar-refractivity contribution in [1.29, 1.82) is 0 Å². The molecule has 0 aliphatic heterocycles. The third kappa shape index (κ3) is 42.7. The molecule has 0 aliphatic carbocycles. The van der Waals surface area contributed by atoms with Crippen LogP contribution in [0.25, 0.3) is 0 Å². The van der Waals surface area contributed by atoms with Crippen LogP contribution in [0.1, 0.15) is 6.92 Å². The Labute approximate surface area is 131 Å². The Morgan fingerprint density at radius 1 is 0.591 bits per heavy atom. The molecular weight excluding hydrogens is 300 g/mol. The van der Waals surface area contributed by atoms with E-state index in [0.717, 1.165) is 0 Å². The molecule has 1 unspecified atom stereocenters. The van der Waals surface area contributed by atoms with E-state index in [1.165, 1.54) is 6.92 Å². The summed E-state index contributed by atoms with van der Waals surface area (Å²) in [4.78, 5) is 0. The molecule has 0 aromatic heterocycles. The fourth-order valence-corrected chi connectivity index (χ4v) is 0.682. The lowest BCUT2D eigenvalue weighted by atomic mass is 10.5. The van der Waals surface area contributed by atoms with Crippen molar-refractivity contribution in [1.82, 2.24) is 0 Å². The van der Waals surface area contributed by atoms with E-state index in [-0.39, 0.29) is 33.0 Å². The third-order valence-corrected chi connectivity index (χ3v) is 1.58. The predicted octanol–water partition coefficient (Wildman–Crippen LogP) is -2.65. The van der Waals surface area contributed by atoms with Crippen molar-refractivity contribution in [2.24, 2.45) is 0 Å². The van der Waals surface area contributed by atoms with Crippen LogP contribution in [0.3, 0.4) is 0 Å². The zero-order valence-electron chi connectivity index (χ0n) is 13.3. The highest BCUT2D eigenvalue weighted by Crippen LogP contribution is 1.76. The van der Waals surface area contributed by atoms with Crippen molar-refractivity contribution in [3.05, 3.63) is 0 Å². The topological polar surface area (TPSA) is 149 Å². The second-order valence-corrected chi connectivity index (χ2v) is 3.76. The number of aliphatic hydroxyl groups is 6. The van der Waals surface area contributed by atoms with Gasteiger partial charge in [-0.2, -0.15) is 0 Å². The molecule has 0 aromatic rings. The summed E-state index contributed by atoms with van der Waals surface area (Å²) < 4.78 is 14.4. The quantitative estimate of drug-likeness (QED) is 0.211. The molecule has 9 nitrogen and oxygen atoms in total. The number of rotatable bonds is 12. The molecule has 0 fully saturated rings. The van der Waals surface area contributed by atoms with Crippen molar-refractivity contribution in [2.75, 3.05) is 72.7 Å². The van der Waals surface area contributed by atoms with Crippen molar-refractivity contribution in [3.63, 3.8) is 0 Å². The number of hydrogen-bond acceptors (Lipinski definition) is 9. The second kappa shape index (κ2) is 28.8. The highest BCUT2D eigenvalue weighted by Gasteiger charge is 1.86. The first-order valence-electron chi connectivity index (χ1n) is 7.06. The van der Waals surface area contributed by atoms with Crippen LogP contribution in [-0.4, -0.2) is 109 Å². The molecule has 0 heterocycles. The van der Waals surface area contributed by atoms with Crippen molar-refractivity contribution < 1.29 is 44.8 Å². The minimum Gasteiger partial charge on any atom is -0.394 e. The zero-order valence-corrected chi connectivity index (χ0v) is 13.3. The van der Waals surface area contributed by atoms with Gasteiger partial charge < -0.3 is 44.8 Å². The van der Waals surface area contributed by atoms with Crippen LogP contribution in [0.15, 0.2) is 0 Å². The molecular formula is C13H32O9. The summed E-state index contributed by atoms with van der Waals surface area (Å²) in [5, 5.41) is 48.7. The molecule has 1 atom stereocenters. The van der Waals surface area contributed by atoms with E-state index in [9.17, 15) is 0 Å². The minimum absolute atomic E-state index is 0.0278. The normalized spacial score (nSPS) is 11.0. The largest absolute Gasteiger partial charge is 0.394 e. The van der Waals surface area contributed by atoms with E-state index in [2.05, 4.69) is 4.74 Å². The lowest BCUT2D eigenvalue weighted by molar-refractivity contribution is 0.0222. The van der Waals surface area contributed by atoms with E-state index in [0.29, 0.717) is 39.6 Å². The van der Waals surface area contributed by atoms with Gasteiger partial charge >= 0.3 is 0 Å². The maximum atomic E-state index is 8.26. The van der Waals surface area contributed by atoms with E-state index < -0.39 is 6.10 Å². The second-order valence-electron chi connectivity index (χ2n) is 3.76. The molecule has 138 valence electrons. The van der Waals surface area contributed by atoms with Crippen LogP contribution in [0.2, 0.25) is 0 Å². The van der Waals surface area contributed by atoms with E-state index in [1.807, 2.05) is 0 Å². The monoisotopic (exact) mass is 332 g/mol. The first-order chi connectivity index (χ1) is 10.6. The molecule has 0 aliphatic rings. The lowest BCUT2D eigenvalue weighted by Gasteiger charge is -2.01. The first kappa shape index (κ1) is 26.5. The standard InChI is InChI=1S/C6H14O4.C4H10O3.C3H8O2/c7-1-3-9-5-6-10-4-2-8;5-1-3-7-4-2-6;1-3(5)2-4/h7-8H,1-6H2;5-6H,1-4H2;3-5H,2H2,1H3. The van der Waals surface area contributed by atoms with Gasteiger partial charge in [0.15, 0.2) is 0 Å². The highest BCUT2D eigenvalue weighted by molar-refractivity contribution is 4.34. The Balaban J connectivity index is -0.000000263. The minimum atomic E-state index is -0.560. The maximum Gasteiger partial charge on any atom is 0.0742 e. The van der Waals surface area contributed by atoms with Crippen LogP contribution < -0.4 is 0 Å². The molecule has 0 aromatic carbocycles. The average Bonchev–Trinajstić information content (AvgIpc) is 2.52. The van der Waals surface area contributed by atoms with Gasteiger partial charge in [0, 0.05) is 0 Å². The SMILES string of the molecule is CC(O)CO.OCCOCCO.OCCOCCOCCO. The Hall–Kier alpha value is -0.360. The lowest BCUT2D eigenvalue weighted by Crippen LogP contribution is -2.09. The summed E-state index contributed by atoms with van der Waals surface area (Å²) in [5.74, 6) is 0. The summed E-state index contributed by atoms with van der Waals surface area (Å²) >= 11 is 0. The molecule has 22 heavy (non-hydrogen) atoms. The van der Waals surface area contributed by atoms with Gasteiger partial charge in [-0.25, -0.2) is 0 Å². The van der Waals surface area contributed by atoms with Crippen molar-refractivity contribution >= 4 is 0 Å². The fourth-order valence-electron chi connectivity index (χ4n) is 0.682. The van der Waals surface area contributed by atoms with Gasteiger partial charge in [-0.3, -0.25) is 0 Å². The van der Waals surface area contributed by atoms with Gasteiger partial charge in [0.1, 0.15) is 0 Å². The van der Waals surface area contributed by atoms with Crippen LogP contribution in [0.5, 0.6) is 0 Å². The van der Waals surface area contributed by atoms with Gasteiger partial charge in [0.25, 0.3) is 0 Å². The van der Waals surface area contributed by atoms with Crippen LogP contribution >= 0.6 is 0 Å². The molecule has 0 bridgehead atoms. The number of ether oxygens (including phenoxy) is 3. The molecule has 0 amide bonds. The Bertz CT molecular complexity index is 146. The Morgan fingerprint density at radius 2 is 0.818 bits per heavy atom. The van der Waals surface area contributed by atoms with Crippen molar-refractivity contribution in [2.45, 2.75) is 13.0 Å². The zero-order chi connectivity index (χ0) is 17.5. The maximum absolute atomic E-state index is 8.26. The summed E-state index contributed by atoms with van der Waals surface area (Å²) in [6, 6.07) is 0. The average molecular weight is 332 g/mol. The molecule has 0 saturated carbocycles. The molecule has 0 saturated heterocycles. The fraction of sp³-hybridized carbons (Fsp3) is 1.00. The summed E-state index contributed by atoms with van der Waals surface area (Å²) in [6.07, 6.45) is -0.560.